The summed E-state index contributed by atoms with van der Waals surface area (Å²) in [4.78, 5) is 0. The van der Waals surface area contributed by atoms with Crippen molar-refractivity contribution < 1.29 is 0 Å². The van der Waals surface area contributed by atoms with Crippen molar-refractivity contribution >= 4 is 22.6 Å². The van der Waals surface area contributed by atoms with Gasteiger partial charge in [0.15, 0.2) is 0 Å². The Kier molecular flexibility index (Phi) is 1.68. The fraction of sp³-hybridized carbons (Fsp3) is 0. The summed E-state index contributed by atoms with van der Waals surface area (Å²) in [5.41, 5.74) is 0. The van der Waals surface area contributed by atoms with Crippen LogP contribution < -0.4 is 0 Å². The second kappa shape index (κ2) is 2.31. The Labute approximate surface area is 56.7 Å². The zero-order valence-corrected chi connectivity index (χ0v) is 5.77. The molecule has 0 saturated carbocycles. The maximum absolute atomic E-state index is 2.96. The summed E-state index contributed by atoms with van der Waals surface area (Å²) >= 11 is 2.20. The second-order valence-corrected chi connectivity index (χ2v) is 2.30. The monoisotopic (exact) mass is 202 g/mol. The quantitative estimate of drug-likeness (QED) is 0.563. The molecular weight excluding hydrogens is 199 g/mol. The van der Waals surface area contributed by atoms with Gasteiger partial charge in [0.1, 0.15) is 0 Å². The van der Waals surface area contributed by atoms with Crippen LogP contribution in [0.2, 0.25) is 0 Å². The molecule has 0 aliphatic carbocycles. The summed E-state index contributed by atoms with van der Waals surface area (Å²) in [5, 5.41) is 0. The highest BCUT2D eigenvalue weighted by atomic mass is 127. The third-order valence-electron chi connectivity index (χ3n) is 0.619. The van der Waals surface area contributed by atoms with Gasteiger partial charge in [-0.3, -0.25) is 0 Å². The SMILES string of the molecule is Ic1[c]c[c]cc1. The fourth-order valence-electron chi connectivity index (χ4n) is 0.328. The third-order valence-corrected chi connectivity index (χ3v) is 1.29. The number of hydrogen-bond acceptors (Lipinski definition) is 0. The van der Waals surface area contributed by atoms with Crippen molar-refractivity contribution in [2.75, 3.05) is 0 Å². The first-order valence-electron chi connectivity index (χ1n) is 1.93. The van der Waals surface area contributed by atoms with Gasteiger partial charge in [-0.05, 0) is 46.9 Å². The van der Waals surface area contributed by atoms with Gasteiger partial charge >= 0.3 is 0 Å². The topological polar surface area (TPSA) is 0 Å². The molecule has 0 nitrogen and oxygen atoms in total. The van der Waals surface area contributed by atoms with E-state index in [1.165, 1.54) is 0 Å². The van der Waals surface area contributed by atoms with Crippen molar-refractivity contribution in [1.29, 1.82) is 0 Å². The largest absolute Gasteiger partial charge is 0.0533 e. The van der Waals surface area contributed by atoms with Gasteiger partial charge in [-0.1, -0.05) is 6.07 Å². The van der Waals surface area contributed by atoms with Crippen molar-refractivity contribution in [2.45, 2.75) is 0 Å². The number of hydrogen-bond donors (Lipinski definition) is 0. The molecule has 0 atom stereocenters. The van der Waals surface area contributed by atoms with Crippen molar-refractivity contribution in [3.05, 3.63) is 33.9 Å². The molecule has 0 spiro atoms. The average Bonchev–Trinajstić information content (AvgIpc) is 1.69. The van der Waals surface area contributed by atoms with Crippen LogP contribution in [0.15, 0.2) is 18.2 Å². The third kappa shape index (κ3) is 1.47. The van der Waals surface area contributed by atoms with Crippen LogP contribution in [0.1, 0.15) is 0 Å². The minimum Gasteiger partial charge on any atom is -0.0533 e. The van der Waals surface area contributed by atoms with Crippen molar-refractivity contribution in [1.82, 2.24) is 0 Å². The molecule has 0 unspecified atom stereocenters. The van der Waals surface area contributed by atoms with Gasteiger partial charge in [0.05, 0.1) is 0 Å². The average molecular weight is 202 g/mol. The van der Waals surface area contributed by atoms with Crippen LogP contribution in [0.5, 0.6) is 0 Å². The normalized spacial score (nSPS) is 8.71. The van der Waals surface area contributed by atoms with E-state index in [4.69, 9.17) is 0 Å². The van der Waals surface area contributed by atoms with E-state index in [1.807, 2.05) is 12.1 Å². The maximum Gasteiger partial charge on any atom is 0.0209 e. The van der Waals surface area contributed by atoms with E-state index in [0.29, 0.717) is 0 Å². The summed E-state index contributed by atoms with van der Waals surface area (Å²) in [7, 11) is 0. The van der Waals surface area contributed by atoms with Crippen molar-refractivity contribution in [3.8, 4) is 0 Å². The molecular formula is C6H3I. The summed E-state index contributed by atoms with van der Waals surface area (Å²) in [6.45, 7) is 0. The van der Waals surface area contributed by atoms with Gasteiger partial charge in [-0.2, -0.15) is 0 Å². The summed E-state index contributed by atoms with van der Waals surface area (Å²) in [6, 6.07) is 11.4. The Bertz CT molecular complexity index is 134. The molecule has 0 heterocycles. The van der Waals surface area contributed by atoms with Gasteiger partial charge < -0.3 is 0 Å². The molecule has 0 saturated heterocycles. The minimum absolute atomic E-state index is 1.14. The van der Waals surface area contributed by atoms with Gasteiger partial charge in [-0.25, -0.2) is 0 Å². The molecule has 0 aliphatic heterocycles. The Balaban J connectivity index is 3.02. The molecule has 34 valence electrons. The van der Waals surface area contributed by atoms with Gasteiger partial charge in [0.25, 0.3) is 0 Å². The van der Waals surface area contributed by atoms with Crippen molar-refractivity contribution in [2.24, 2.45) is 0 Å². The minimum atomic E-state index is 1.14. The highest BCUT2D eigenvalue weighted by Gasteiger charge is 1.75. The molecule has 7 heavy (non-hydrogen) atoms. The number of benzene rings is 1. The van der Waals surface area contributed by atoms with Crippen LogP contribution in [0, 0.1) is 15.7 Å². The Hall–Kier alpha value is -0.0500. The summed E-state index contributed by atoms with van der Waals surface area (Å²) in [6.07, 6.45) is 0. The molecule has 1 aromatic carbocycles. The van der Waals surface area contributed by atoms with E-state index in [2.05, 4.69) is 34.7 Å². The van der Waals surface area contributed by atoms with E-state index in [-0.39, 0.29) is 0 Å². The zero-order valence-electron chi connectivity index (χ0n) is 3.61. The molecule has 0 bridgehead atoms. The molecule has 0 aromatic heterocycles. The lowest BCUT2D eigenvalue weighted by molar-refractivity contribution is 1.62. The van der Waals surface area contributed by atoms with Crippen molar-refractivity contribution in [3.63, 3.8) is 0 Å². The van der Waals surface area contributed by atoms with E-state index in [1.54, 1.807) is 6.07 Å². The van der Waals surface area contributed by atoms with Crippen LogP contribution in [0.3, 0.4) is 0 Å². The molecule has 0 fully saturated rings. The molecule has 1 aromatic rings. The van der Waals surface area contributed by atoms with Crippen LogP contribution in [-0.4, -0.2) is 0 Å². The van der Waals surface area contributed by atoms with E-state index in [9.17, 15) is 0 Å². The molecule has 0 amide bonds. The Morgan fingerprint density at radius 1 is 1.57 bits per heavy atom. The first kappa shape index (κ1) is 5.09. The number of halogens is 1. The lowest BCUT2D eigenvalue weighted by Gasteiger charge is -1.78. The summed E-state index contributed by atoms with van der Waals surface area (Å²) < 4.78 is 1.14. The van der Waals surface area contributed by atoms with Crippen LogP contribution in [-0.2, 0) is 0 Å². The van der Waals surface area contributed by atoms with E-state index < -0.39 is 0 Å². The molecule has 1 heteroatoms. The number of rotatable bonds is 0. The molecule has 0 N–H and O–H groups in total. The Morgan fingerprint density at radius 2 is 2.43 bits per heavy atom. The van der Waals surface area contributed by atoms with Gasteiger partial charge in [-0.15, -0.1) is 0 Å². The highest BCUT2D eigenvalue weighted by molar-refractivity contribution is 14.1. The smallest absolute Gasteiger partial charge is 0.0209 e. The lowest BCUT2D eigenvalue weighted by Crippen LogP contribution is -1.63. The van der Waals surface area contributed by atoms with Gasteiger partial charge in [0.2, 0.25) is 0 Å². The van der Waals surface area contributed by atoms with E-state index >= 15 is 0 Å². The van der Waals surface area contributed by atoms with Gasteiger partial charge in [0, 0.05) is 3.57 Å². The fourth-order valence-corrected chi connectivity index (χ4v) is 0.664. The first-order chi connectivity index (χ1) is 3.39. The highest BCUT2D eigenvalue weighted by Crippen LogP contribution is 1.98. The molecule has 0 aliphatic rings. The van der Waals surface area contributed by atoms with Crippen LogP contribution in [0.25, 0.3) is 0 Å². The lowest BCUT2D eigenvalue weighted by atomic mass is 10.4. The second-order valence-electron chi connectivity index (χ2n) is 1.14. The summed E-state index contributed by atoms with van der Waals surface area (Å²) in [5.74, 6) is 0. The Morgan fingerprint density at radius 3 is 2.71 bits per heavy atom. The van der Waals surface area contributed by atoms with E-state index in [0.717, 1.165) is 3.57 Å². The zero-order chi connectivity index (χ0) is 5.11. The molecule has 1 rings (SSSR count). The predicted octanol–water partition coefficient (Wildman–Crippen LogP) is 1.89. The van der Waals surface area contributed by atoms with Crippen LogP contribution in [0.4, 0.5) is 0 Å². The van der Waals surface area contributed by atoms with Crippen LogP contribution >= 0.6 is 22.6 Å². The maximum atomic E-state index is 2.96. The predicted molar refractivity (Wildman–Crippen MR) is 36.8 cm³/mol. The standard InChI is InChI=1S/C6H3I/c7-6-4-2-1-3-5-6/h2-4H. The molecule has 2 radical (unpaired) electrons. The first-order valence-corrected chi connectivity index (χ1v) is 3.01.